The summed E-state index contributed by atoms with van der Waals surface area (Å²) in [4.78, 5) is 19.9. The van der Waals surface area contributed by atoms with E-state index in [0.717, 1.165) is 14.9 Å². The maximum absolute atomic E-state index is 10.7. The maximum atomic E-state index is 10.7. The van der Waals surface area contributed by atoms with Crippen LogP contribution in [0.15, 0.2) is 27.7 Å². The molecule has 0 aromatic carbocycles. The maximum Gasteiger partial charge on any atom is 0.308 e. The molecular formula is C11H9ClN2O2S2. The van der Waals surface area contributed by atoms with Gasteiger partial charge >= 0.3 is 5.97 Å². The van der Waals surface area contributed by atoms with Gasteiger partial charge in [0.1, 0.15) is 5.03 Å². The Morgan fingerprint density at radius 1 is 1.61 bits per heavy atom. The Balaban J connectivity index is 2.20. The quantitative estimate of drug-likeness (QED) is 0.939. The smallest absolute Gasteiger partial charge is 0.308 e. The van der Waals surface area contributed by atoms with Gasteiger partial charge in [0.2, 0.25) is 0 Å². The van der Waals surface area contributed by atoms with Crippen LogP contribution in [0.25, 0.3) is 0 Å². The van der Waals surface area contributed by atoms with Crippen molar-refractivity contribution < 1.29 is 9.90 Å². The zero-order valence-electron chi connectivity index (χ0n) is 9.38. The fourth-order valence-electron chi connectivity index (χ4n) is 1.28. The number of thiazole rings is 1. The first kappa shape index (κ1) is 13.3. The molecule has 0 bridgehead atoms. The van der Waals surface area contributed by atoms with Gasteiger partial charge in [-0.1, -0.05) is 11.6 Å². The number of halogens is 1. The zero-order chi connectivity index (χ0) is 13.1. The number of rotatable bonds is 4. The normalized spacial score (nSPS) is 10.6. The number of hydrogen-bond donors (Lipinski definition) is 1. The van der Waals surface area contributed by atoms with Crippen molar-refractivity contribution in [3.05, 3.63) is 33.9 Å². The van der Waals surface area contributed by atoms with Crippen LogP contribution >= 0.6 is 34.7 Å². The van der Waals surface area contributed by atoms with Crippen molar-refractivity contribution >= 4 is 40.7 Å². The highest BCUT2D eigenvalue weighted by Crippen LogP contribution is 2.35. The Kier molecular flexibility index (Phi) is 4.21. The van der Waals surface area contributed by atoms with Gasteiger partial charge in [-0.2, -0.15) is 0 Å². The largest absolute Gasteiger partial charge is 0.481 e. The average Bonchev–Trinajstić information content (AvgIpc) is 2.62. The minimum Gasteiger partial charge on any atom is -0.481 e. The van der Waals surface area contributed by atoms with Crippen LogP contribution in [0.1, 0.15) is 10.6 Å². The number of aryl methyl sites for hydroxylation is 1. The minimum absolute atomic E-state index is 0.0000103. The van der Waals surface area contributed by atoms with E-state index in [1.165, 1.54) is 23.1 Å². The molecule has 0 atom stereocenters. The molecule has 2 aromatic rings. The van der Waals surface area contributed by atoms with Crippen LogP contribution in [0, 0.1) is 6.92 Å². The van der Waals surface area contributed by atoms with Crippen molar-refractivity contribution in [2.24, 2.45) is 0 Å². The first-order valence-electron chi connectivity index (χ1n) is 5.02. The van der Waals surface area contributed by atoms with Crippen molar-refractivity contribution in [1.82, 2.24) is 9.97 Å². The Hall–Kier alpha value is -1.11. The molecule has 7 heteroatoms. The summed E-state index contributed by atoms with van der Waals surface area (Å²) in [5, 5.41) is 10.0. The van der Waals surface area contributed by atoms with E-state index in [9.17, 15) is 4.79 Å². The highest BCUT2D eigenvalue weighted by molar-refractivity contribution is 8.01. The fourth-order valence-corrected chi connectivity index (χ4v) is 3.63. The van der Waals surface area contributed by atoms with Crippen molar-refractivity contribution in [1.29, 1.82) is 0 Å². The van der Waals surface area contributed by atoms with E-state index in [-0.39, 0.29) is 6.42 Å². The Morgan fingerprint density at radius 3 is 3.06 bits per heavy atom. The molecule has 1 N–H and O–H groups in total. The molecule has 18 heavy (non-hydrogen) atoms. The number of hydrogen-bond acceptors (Lipinski definition) is 5. The Labute approximate surface area is 117 Å². The third-order valence-electron chi connectivity index (χ3n) is 2.09. The van der Waals surface area contributed by atoms with E-state index < -0.39 is 5.97 Å². The van der Waals surface area contributed by atoms with E-state index in [0.29, 0.717) is 10.0 Å². The van der Waals surface area contributed by atoms with Gasteiger partial charge in [0.25, 0.3) is 0 Å². The molecule has 2 aromatic heterocycles. The molecule has 0 aliphatic rings. The van der Waals surface area contributed by atoms with Gasteiger partial charge < -0.3 is 5.11 Å². The average molecular weight is 301 g/mol. The van der Waals surface area contributed by atoms with E-state index in [1.807, 2.05) is 0 Å². The standard InChI is InChI=1S/C11H9ClN2O2S2/c1-6-8(5-9(15)16)17-11(14-6)18-10-7(12)3-2-4-13-10/h2-4H,5H2,1H3,(H,15,16). The number of nitrogens with zero attached hydrogens (tertiary/aromatic N) is 2. The van der Waals surface area contributed by atoms with Gasteiger partial charge in [0.15, 0.2) is 4.34 Å². The molecule has 2 heterocycles. The predicted octanol–water partition coefficient (Wildman–Crippen LogP) is 3.28. The second kappa shape index (κ2) is 5.69. The second-order valence-electron chi connectivity index (χ2n) is 3.45. The molecule has 0 fully saturated rings. The lowest BCUT2D eigenvalue weighted by molar-refractivity contribution is -0.136. The van der Waals surface area contributed by atoms with Crippen LogP contribution in [0.5, 0.6) is 0 Å². The van der Waals surface area contributed by atoms with Gasteiger partial charge in [0.05, 0.1) is 17.1 Å². The zero-order valence-corrected chi connectivity index (χ0v) is 11.8. The highest BCUT2D eigenvalue weighted by atomic mass is 35.5. The third-order valence-corrected chi connectivity index (χ3v) is 4.75. The number of carboxylic acids is 1. The van der Waals surface area contributed by atoms with Crippen LogP contribution in [0.2, 0.25) is 5.02 Å². The molecule has 0 radical (unpaired) electrons. The fraction of sp³-hybridized carbons (Fsp3) is 0.182. The molecule has 0 amide bonds. The monoisotopic (exact) mass is 300 g/mol. The predicted molar refractivity (Wildman–Crippen MR) is 71.6 cm³/mol. The first-order chi connectivity index (χ1) is 8.56. The molecular weight excluding hydrogens is 292 g/mol. The molecule has 4 nitrogen and oxygen atoms in total. The summed E-state index contributed by atoms with van der Waals surface area (Å²) in [5.41, 5.74) is 0.747. The van der Waals surface area contributed by atoms with Crippen LogP contribution in [0.3, 0.4) is 0 Å². The molecule has 0 spiro atoms. The van der Waals surface area contributed by atoms with Crippen LogP contribution in [-0.2, 0) is 11.2 Å². The number of carboxylic acid groups (broad SMARTS) is 1. The van der Waals surface area contributed by atoms with Gasteiger partial charge in [-0.25, -0.2) is 9.97 Å². The highest BCUT2D eigenvalue weighted by Gasteiger charge is 2.13. The van der Waals surface area contributed by atoms with Crippen LogP contribution in [0.4, 0.5) is 0 Å². The summed E-state index contributed by atoms with van der Waals surface area (Å²) in [6, 6.07) is 3.52. The van der Waals surface area contributed by atoms with Crippen molar-refractivity contribution in [2.45, 2.75) is 22.7 Å². The summed E-state index contributed by atoms with van der Waals surface area (Å²) in [7, 11) is 0. The van der Waals surface area contributed by atoms with Crippen molar-refractivity contribution in [3.8, 4) is 0 Å². The lowest BCUT2D eigenvalue weighted by atomic mass is 10.3. The first-order valence-corrected chi connectivity index (χ1v) is 7.04. The molecule has 0 aliphatic heterocycles. The number of carbonyl (C=O) groups is 1. The summed E-state index contributed by atoms with van der Waals surface area (Å²) >= 11 is 8.72. The van der Waals surface area contributed by atoms with Crippen LogP contribution in [-0.4, -0.2) is 21.0 Å². The van der Waals surface area contributed by atoms with E-state index >= 15 is 0 Å². The topological polar surface area (TPSA) is 63.1 Å². The van der Waals surface area contributed by atoms with E-state index in [4.69, 9.17) is 16.7 Å². The Morgan fingerprint density at radius 2 is 2.39 bits per heavy atom. The van der Waals surface area contributed by atoms with Crippen molar-refractivity contribution in [3.63, 3.8) is 0 Å². The van der Waals surface area contributed by atoms with E-state index in [1.54, 1.807) is 25.3 Å². The Bertz CT molecular complexity index is 586. The van der Waals surface area contributed by atoms with E-state index in [2.05, 4.69) is 9.97 Å². The lowest BCUT2D eigenvalue weighted by Gasteiger charge is -1.98. The third kappa shape index (κ3) is 3.22. The van der Waals surface area contributed by atoms with Crippen molar-refractivity contribution in [2.75, 3.05) is 0 Å². The van der Waals surface area contributed by atoms with Gasteiger partial charge in [-0.3, -0.25) is 4.79 Å². The lowest BCUT2D eigenvalue weighted by Crippen LogP contribution is -1.99. The number of aromatic nitrogens is 2. The molecule has 0 saturated carbocycles. The van der Waals surface area contributed by atoms with Gasteiger partial charge in [-0.15, -0.1) is 11.3 Å². The summed E-state index contributed by atoms with van der Waals surface area (Å²) in [6.07, 6.45) is 1.66. The SMILES string of the molecule is Cc1nc(Sc2ncccc2Cl)sc1CC(=O)O. The van der Waals surface area contributed by atoms with Gasteiger partial charge in [0, 0.05) is 11.1 Å². The summed E-state index contributed by atoms with van der Waals surface area (Å²) < 4.78 is 0.754. The minimum atomic E-state index is -0.853. The molecule has 2 rings (SSSR count). The number of pyridine rings is 1. The second-order valence-corrected chi connectivity index (χ2v) is 6.18. The van der Waals surface area contributed by atoms with Gasteiger partial charge in [-0.05, 0) is 30.8 Å². The molecule has 94 valence electrons. The summed E-state index contributed by atoms with van der Waals surface area (Å²) in [6.45, 7) is 1.80. The molecule has 0 aliphatic carbocycles. The molecule has 0 unspecified atom stereocenters. The summed E-state index contributed by atoms with van der Waals surface area (Å²) in [5.74, 6) is -0.853. The molecule has 0 saturated heterocycles. The van der Waals surface area contributed by atoms with Crippen LogP contribution < -0.4 is 0 Å². The number of aliphatic carboxylic acids is 1.